The van der Waals surface area contributed by atoms with Crippen molar-refractivity contribution >= 4 is 11.6 Å². The van der Waals surface area contributed by atoms with Crippen molar-refractivity contribution in [2.24, 2.45) is 0 Å². The molecule has 4 nitrogen and oxygen atoms in total. The Balaban J connectivity index is 2.64. The number of aryl methyl sites for hydroxylation is 1. The van der Waals surface area contributed by atoms with Crippen LogP contribution in [0.3, 0.4) is 0 Å². The lowest BCUT2D eigenvalue weighted by molar-refractivity contribution is 0.394. The lowest BCUT2D eigenvalue weighted by atomic mass is 10.1. The van der Waals surface area contributed by atoms with Crippen LogP contribution in [0.15, 0.2) is 18.2 Å². The second-order valence-electron chi connectivity index (χ2n) is 4.14. The summed E-state index contributed by atoms with van der Waals surface area (Å²) >= 11 is 6.10. The van der Waals surface area contributed by atoms with Gasteiger partial charge >= 0.3 is 0 Å². The number of ether oxygens (including phenoxy) is 2. The van der Waals surface area contributed by atoms with Gasteiger partial charge in [0, 0.05) is 17.2 Å². The fraction of sp³-hybridized carbons (Fsp3) is 0.286. The first-order valence-corrected chi connectivity index (χ1v) is 6.17. The Morgan fingerprint density at radius 1 is 0.947 bits per heavy atom. The zero-order valence-corrected chi connectivity index (χ0v) is 12.1. The van der Waals surface area contributed by atoms with Crippen LogP contribution in [0.5, 0.6) is 11.5 Å². The molecule has 0 aliphatic carbocycles. The Kier molecular flexibility index (Phi) is 3.90. The quantitative estimate of drug-likeness (QED) is 0.807. The topological polar surface area (TPSA) is 44.2 Å². The molecule has 0 bridgehead atoms. The number of hydrogen-bond donors (Lipinski definition) is 0. The van der Waals surface area contributed by atoms with E-state index in [2.05, 4.69) is 9.97 Å². The van der Waals surface area contributed by atoms with Gasteiger partial charge in [0.2, 0.25) is 0 Å². The molecule has 0 radical (unpaired) electrons. The van der Waals surface area contributed by atoms with E-state index < -0.39 is 0 Å². The highest BCUT2D eigenvalue weighted by Gasteiger charge is 2.12. The van der Waals surface area contributed by atoms with Crippen LogP contribution in [0, 0.1) is 13.8 Å². The van der Waals surface area contributed by atoms with E-state index in [1.165, 1.54) is 0 Å². The predicted molar refractivity (Wildman–Crippen MR) is 75.1 cm³/mol. The molecular formula is C14H15ClN2O2. The largest absolute Gasteiger partial charge is 0.497 e. The molecule has 19 heavy (non-hydrogen) atoms. The number of halogens is 1. The Labute approximate surface area is 117 Å². The van der Waals surface area contributed by atoms with E-state index in [1.807, 2.05) is 32.0 Å². The lowest BCUT2D eigenvalue weighted by Gasteiger charge is -2.11. The Morgan fingerprint density at radius 3 is 2.05 bits per heavy atom. The average molecular weight is 279 g/mol. The third kappa shape index (κ3) is 2.79. The van der Waals surface area contributed by atoms with Gasteiger partial charge in [0.15, 0.2) is 0 Å². The van der Waals surface area contributed by atoms with E-state index in [0.717, 1.165) is 16.8 Å². The fourth-order valence-corrected chi connectivity index (χ4v) is 2.03. The summed E-state index contributed by atoms with van der Waals surface area (Å²) in [6.07, 6.45) is 0. The van der Waals surface area contributed by atoms with Crippen molar-refractivity contribution in [1.82, 2.24) is 9.97 Å². The monoisotopic (exact) mass is 278 g/mol. The van der Waals surface area contributed by atoms with Gasteiger partial charge in [-0.1, -0.05) is 11.6 Å². The van der Waals surface area contributed by atoms with Crippen LogP contribution in [-0.4, -0.2) is 24.2 Å². The third-order valence-corrected chi connectivity index (χ3v) is 3.19. The first-order valence-electron chi connectivity index (χ1n) is 5.79. The molecule has 0 aliphatic rings. The molecule has 0 unspecified atom stereocenters. The molecule has 0 aliphatic heterocycles. The first kappa shape index (κ1) is 13.6. The van der Waals surface area contributed by atoms with Gasteiger partial charge in [-0.15, -0.1) is 0 Å². The molecule has 0 N–H and O–H groups in total. The van der Waals surface area contributed by atoms with Gasteiger partial charge in [0.05, 0.1) is 19.9 Å². The highest BCUT2D eigenvalue weighted by Crippen LogP contribution is 2.32. The second kappa shape index (κ2) is 5.45. The summed E-state index contributed by atoms with van der Waals surface area (Å²) in [6.45, 7) is 3.70. The normalized spacial score (nSPS) is 10.4. The van der Waals surface area contributed by atoms with Gasteiger partial charge in [-0.2, -0.15) is 0 Å². The van der Waals surface area contributed by atoms with Crippen LogP contribution >= 0.6 is 11.6 Å². The van der Waals surface area contributed by atoms with Crippen molar-refractivity contribution in [3.05, 3.63) is 34.7 Å². The van der Waals surface area contributed by atoms with E-state index in [0.29, 0.717) is 22.5 Å². The van der Waals surface area contributed by atoms with Crippen molar-refractivity contribution in [2.45, 2.75) is 13.8 Å². The van der Waals surface area contributed by atoms with Gasteiger partial charge in [-0.05, 0) is 26.0 Å². The second-order valence-corrected chi connectivity index (χ2v) is 4.49. The van der Waals surface area contributed by atoms with Gasteiger partial charge < -0.3 is 9.47 Å². The van der Waals surface area contributed by atoms with Crippen molar-refractivity contribution in [3.63, 3.8) is 0 Å². The summed E-state index contributed by atoms with van der Waals surface area (Å²) in [7, 11) is 3.23. The van der Waals surface area contributed by atoms with E-state index in [9.17, 15) is 0 Å². The number of aromatic nitrogens is 2. The third-order valence-electron chi connectivity index (χ3n) is 2.82. The minimum atomic E-state index is 0.462. The van der Waals surface area contributed by atoms with Crippen LogP contribution in [0.25, 0.3) is 11.3 Å². The predicted octanol–water partition coefficient (Wildman–Crippen LogP) is 3.43. The van der Waals surface area contributed by atoms with E-state index >= 15 is 0 Å². The van der Waals surface area contributed by atoms with Crippen molar-refractivity contribution < 1.29 is 9.47 Å². The molecule has 0 fully saturated rings. The minimum Gasteiger partial charge on any atom is -0.497 e. The van der Waals surface area contributed by atoms with Gasteiger partial charge in [-0.3, -0.25) is 0 Å². The highest BCUT2D eigenvalue weighted by atomic mass is 35.5. The molecule has 0 saturated carbocycles. The molecular weight excluding hydrogens is 264 g/mol. The number of nitrogens with zero attached hydrogens (tertiary/aromatic N) is 2. The minimum absolute atomic E-state index is 0.462. The zero-order chi connectivity index (χ0) is 14.0. The van der Waals surface area contributed by atoms with Crippen LogP contribution in [0.2, 0.25) is 5.15 Å². The zero-order valence-electron chi connectivity index (χ0n) is 11.3. The summed E-state index contributed by atoms with van der Waals surface area (Å²) < 4.78 is 10.5. The number of methoxy groups -OCH3 is 2. The molecule has 5 heteroatoms. The fourth-order valence-electron chi connectivity index (χ4n) is 1.82. The SMILES string of the molecule is COc1cc(OC)cc(-c2nc(C)nc(Cl)c2C)c1. The average Bonchev–Trinajstić information content (AvgIpc) is 2.42. The maximum Gasteiger partial charge on any atom is 0.136 e. The van der Waals surface area contributed by atoms with Gasteiger partial charge in [-0.25, -0.2) is 9.97 Å². The summed E-state index contributed by atoms with van der Waals surface area (Å²) in [6, 6.07) is 5.61. The molecule has 1 aromatic heterocycles. The maximum absolute atomic E-state index is 6.10. The number of hydrogen-bond acceptors (Lipinski definition) is 4. The molecule has 0 saturated heterocycles. The molecule has 0 atom stereocenters. The van der Waals surface area contributed by atoms with Crippen molar-refractivity contribution in [2.75, 3.05) is 14.2 Å². The van der Waals surface area contributed by atoms with Crippen LogP contribution in [0.4, 0.5) is 0 Å². The van der Waals surface area contributed by atoms with Crippen LogP contribution in [-0.2, 0) is 0 Å². The highest BCUT2D eigenvalue weighted by molar-refractivity contribution is 6.30. The Bertz CT molecular complexity index is 592. The maximum atomic E-state index is 6.10. The summed E-state index contributed by atoms with van der Waals surface area (Å²) in [5, 5.41) is 0.462. The standard InChI is InChI=1S/C14H15ClN2O2/c1-8-13(16-9(2)17-14(8)15)10-5-11(18-3)7-12(6-10)19-4/h5-7H,1-4H3. The molecule has 1 aromatic carbocycles. The summed E-state index contributed by atoms with van der Waals surface area (Å²) in [5.74, 6) is 2.05. The molecule has 2 rings (SSSR count). The molecule has 1 heterocycles. The number of rotatable bonds is 3. The lowest BCUT2D eigenvalue weighted by Crippen LogP contribution is -1.97. The summed E-state index contributed by atoms with van der Waals surface area (Å²) in [5.41, 5.74) is 2.51. The first-order chi connectivity index (χ1) is 9.05. The smallest absolute Gasteiger partial charge is 0.136 e. The van der Waals surface area contributed by atoms with E-state index in [-0.39, 0.29) is 0 Å². The molecule has 0 spiro atoms. The van der Waals surface area contributed by atoms with Gasteiger partial charge in [0.1, 0.15) is 22.5 Å². The summed E-state index contributed by atoms with van der Waals surface area (Å²) in [4.78, 5) is 8.58. The Hall–Kier alpha value is -1.81. The van der Waals surface area contributed by atoms with Gasteiger partial charge in [0.25, 0.3) is 0 Å². The molecule has 100 valence electrons. The van der Waals surface area contributed by atoms with Crippen molar-refractivity contribution in [3.8, 4) is 22.8 Å². The molecule has 0 amide bonds. The van der Waals surface area contributed by atoms with E-state index in [4.69, 9.17) is 21.1 Å². The van der Waals surface area contributed by atoms with Crippen LogP contribution in [0.1, 0.15) is 11.4 Å². The van der Waals surface area contributed by atoms with Crippen molar-refractivity contribution in [1.29, 1.82) is 0 Å². The number of benzene rings is 1. The van der Waals surface area contributed by atoms with Crippen LogP contribution < -0.4 is 9.47 Å². The molecule has 2 aromatic rings. The Morgan fingerprint density at radius 2 is 1.53 bits per heavy atom. The van der Waals surface area contributed by atoms with E-state index in [1.54, 1.807) is 14.2 Å².